The van der Waals surface area contributed by atoms with Gasteiger partial charge in [-0.05, 0) is 30.7 Å². The molecule has 1 N–H and O–H groups in total. The number of hydrogen-bond donors (Lipinski definition) is 1. The number of benzene rings is 1. The van der Waals surface area contributed by atoms with Crippen molar-refractivity contribution in [2.24, 2.45) is 0 Å². The highest BCUT2D eigenvalue weighted by molar-refractivity contribution is 5.76. The number of amides is 1. The van der Waals surface area contributed by atoms with Crippen molar-refractivity contribution in [3.05, 3.63) is 58.5 Å². The van der Waals surface area contributed by atoms with Gasteiger partial charge in [0.2, 0.25) is 5.91 Å². The van der Waals surface area contributed by atoms with Crippen molar-refractivity contribution >= 4 is 5.91 Å². The van der Waals surface area contributed by atoms with Gasteiger partial charge in [-0.3, -0.25) is 9.59 Å². The Labute approximate surface area is 140 Å². The second-order valence-electron chi connectivity index (χ2n) is 5.71. The van der Waals surface area contributed by atoms with Crippen LogP contribution in [0.2, 0.25) is 0 Å². The first-order valence-electron chi connectivity index (χ1n) is 7.98. The fourth-order valence-electron chi connectivity index (χ4n) is 2.57. The highest BCUT2D eigenvalue weighted by Gasteiger charge is 2.15. The van der Waals surface area contributed by atoms with Crippen molar-refractivity contribution < 1.29 is 14.3 Å². The van der Waals surface area contributed by atoms with Crippen LogP contribution in [0.5, 0.6) is 11.5 Å². The fourth-order valence-corrected chi connectivity index (χ4v) is 2.57. The molecule has 0 saturated carbocycles. The van der Waals surface area contributed by atoms with Crippen molar-refractivity contribution in [1.29, 1.82) is 0 Å². The molecule has 1 amide bonds. The number of pyridine rings is 1. The highest BCUT2D eigenvalue weighted by atomic mass is 16.5. The molecular weight excluding hydrogens is 308 g/mol. The Hall–Kier alpha value is -2.76. The number of aromatic nitrogens is 1. The molecule has 0 radical (unpaired) electrons. The molecule has 1 aromatic heterocycles. The topological polar surface area (TPSA) is 69.6 Å². The summed E-state index contributed by atoms with van der Waals surface area (Å²) in [6.45, 7) is 3.15. The molecule has 0 aliphatic carbocycles. The highest BCUT2D eigenvalue weighted by Crippen LogP contribution is 2.32. The van der Waals surface area contributed by atoms with E-state index in [1.807, 2.05) is 25.1 Å². The third-order valence-corrected chi connectivity index (χ3v) is 3.86. The Bertz CT molecular complexity index is 785. The first-order valence-corrected chi connectivity index (χ1v) is 7.98. The number of rotatable bonds is 4. The first-order chi connectivity index (χ1) is 11.6. The molecule has 0 spiro atoms. The van der Waals surface area contributed by atoms with E-state index in [2.05, 4.69) is 5.32 Å². The van der Waals surface area contributed by atoms with E-state index in [1.165, 1.54) is 10.6 Å². The first kappa shape index (κ1) is 16.1. The largest absolute Gasteiger partial charge is 0.490 e. The predicted molar refractivity (Wildman–Crippen MR) is 89.3 cm³/mol. The number of fused-ring (bicyclic) bond motifs is 1. The normalized spacial score (nSPS) is 14.5. The lowest BCUT2D eigenvalue weighted by Crippen LogP contribution is -2.33. The van der Waals surface area contributed by atoms with Gasteiger partial charge in [-0.1, -0.05) is 12.1 Å². The molecule has 2 heterocycles. The molecule has 1 aliphatic rings. The summed E-state index contributed by atoms with van der Waals surface area (Å²) in [5.74, 6) is 1.21. The molecule has 24 heavy (non-hydrogen) atoms. The van der Waals surface area contributed by atoms with E-state index in [-0.39, 0.29) is 24.1 Å². The molecule has 6 nitrogen and oxygen atoms in total. The molecule has 1 aliphatic heterocycles. The molecule has 0 saturated heterocycles. The van der Waals surface area contributed by atoms with Gasteiger partial charge in [-0.25, -0.2) is 0 Å². The maximum Gasteiger partial charge on any atom is 0.250 e. The molecule has 0 unspecified atom stereocenters. The van der Waals surface area contributed by atoms with Crippen molar-refractivity contribution in [3.63, 3.8) is 0 Å². The van der Waals surface area contributed by atoms with Crippen LogP contribution < -0.4 is 20.3 Å². The van der Waals surface area contributed by atoms with E-state index in [0.29, 0.717) is 19.0 Å². The van der Waals surface area contributed by atoms with E-state index in [9.17, 15) is 9.59 Å². The average molecular weight is 328 g/mol. The summed E-state index contributed by atoms with van der Waals surface area (Å²) in [5, 5.41) is 2.90. The minimum Gasteiger partial charge on any atom is -0.490 e. The molecule has 3 rings (SSSR count). The van der Waals surface area contributed by atoms with E-state index >= 15 is 0 Å². The van der Waals surface area contributed by atoms with Gasteiger partial charge in [0.05, 0.1) is 19.3 Å². The summed E-state index contributed by atoms with van der Waals surface area (Å²) < 4.78 is 12.6. The second-order valence-corrected chi connectivity index (χ2v) is 5.71. The Morgan fingerprint density at radius 2 is 2.00 bits per heavy atom. The fraction of sp³-hybridized carbons (Fsp3) is 0.333. The van der Waals surface area contributed by atoms with Gasteiger partial charge in [0.1, 0.15) is 6.54 Å². The van der Waals surface area contributed by atoms with Gasteiger partial charge in [0.25, 0.3) is 5.56 Å². The van der Waals surface area contributed by atoms with Gasteiger partial charge in [0.15, 0.2) is 11.5 Å². The van der Waals surface area contributed by atoms with Gasteiger partial charge in [-0.2, -0.15) is 0 Å². The average Bonchev–Trinajstić information content (AvgIpc) is 2.81. The lowest BCUT2D eigenvalue weighted by atomic mass is 10.1. The number of nitrogens with zero attached hydrogens (tertiary/aromatic N) is 1. The zero-order valence-electron chi connectivity index (χ0n) is 13.5. The standard InChI is InChI=1S/C18H20N2O4/c1-13(19-17(21)12-20-8-3-2-5-18(20)22)14-6-7-15-16(11-14)24-10-4-9-23-15/h2-3,5-8,11,13H,4,9-10,12H2,1H3,(H,19,21)/t13-/m1/s1. The van der Waals surface area contributed by atoms with E-state index < -0.39 is 0 Å². The van der Waals surface area contributed by atoms with Gasteiger partial charge in [-0.15, -0.1) is 0 Å². The van der Waals surface area contributed by atoms with Gasteiger partial charge < -0.3 is 19.4 Å². The van der Waals surface area contributed by atoms with Crippen LogP contribution in [0.1, 0.15) is 24.9 Å². The number of hydrogen-bond acceptors (Lipinski definition) is 4. The van der Waals surface area contributed by atoms with Crippen LogP contribution in [0.25, 0.3) is 0 Å². The van der Waals surface area contributed by atoms with Crippen LogP contribution in [0, 0.1) is 0 Å². The monoisotopic (exact) mass is 328 g/mol. The summed E-state index contributed by atoms with van der Waals surface area (Å²) in [7, 11) is 0. The summed E-state index contributed by atoms with van der Waals surface area (Å²) in [5.41, 5.74) is 0.726. The number of carbonyl (C=O) groups excluding carboxylic acids is 1. The van der Waals surface area contributed by atoms with Crippen molar-refractivity contribution in [1.82, 2.24) is 9.88 Å². The molecule has 6 heteroatoms. The minimum absolute atomic E-state index is 0.00539. The van der Waals surface area contributed by atoms with E-state index in [0.717, 1.165) is 17.7 Å². The van der Waals surface area contributed by atoms with Crippen molar-refractivity contribution in [2.45, 2.75) is 25.9 Å². The quantitative estimate of drug-likeness (QED) is 0.930. The lowest BCUT2D eigenvalue weighted by Gasteiger charge is -2.17. The maximum atomic E-state index is 12.2. The minimum atomic E-state index is -0.220. The Morgan fingerprint density at radius 1 is 1.21 bits per heavy atom. The maximum absolute atomic E-state index is 12.2. The lowest BCUT2D eigenvalue weighted by molar-refractivity contribution is -0.122. The molecular formula is C18H20N2O4. The second kappa shape index (κ2) is 7.21. The molecule has 1 atom stereocenters. The summed E-state index contributed by atoms with van der Waals surface area (Å²) in [6, 6.07) is 10.3. The summed E-state index contributed by atoms with van der Waals surface area (Å²) >= 11 is 0. The zero-order valence-corrected chi connectivity index (χ0v) is 13.5. The zero-order chi connectivity index (χ0) is 16.9. The number of ether oxygens (including phenoxy) is 2. The van der Waals surface area contributed by atoms with Crippen LogP contribution >= 0.6 is 0 Å². The molecule has 2 aromatic rings. The molecule has 126 valence electrons. The Balaban J connectivity index is 1.67. The third kappa shape index (κ3) is 3.76. The van der Waals surface area contributed by atoms with Crippen LogP contribution in [-0.2, 0) is 11.3 Å². The van der Waals surface area contributed by atoms with Crippen molar-refractivity contribution in [2.75, 3.05) is 13.2 Å². The van der Waals surface area contributed by atoms with Crippen LogP contribution in [-0.4, -0.2) is 23.7 Å². The molecule has 1 aromatic carbocycles. The van der Waals surface area contributed by atoms with Gasteiger partial charge in [0, 0.05) is 18.7 Å². The number of carbonyl (C=O) groups is 1. The smallest absolute Gasteiger partial charge is 0.250 e. The predicted octanol–water partition coefficient (Wildman–Crippen LogP) is 1.89. The molecule has 0 fully saturated rings. The summed E-state index contributed by atoms with van der Waals surface area (Å²) in [4.78, 5) is 23.8. The van der Waals surface area contributed by atoms with E-state index in [4.69, 9.17) is 9.47 Å². The Kier molecular flexibility index (Phi) is 4.84. The van der Waals surface area contributed by atoms with Crippen LogP contribution in [0.3, 0.4) is 0 Å². The van der Waals surface area contributed by atoms with Crippen molar-refractivity contribution in [3.8, 4) is 11.5 Å². The van der Waals surface area contributed by atoms with E-state index in [1.54, 1.807) is 18.3 Å². The third-order valence-electron chi connectivity index (χ3n) is 3.86. The number of nitrogens with one attached hydrogen (secondary N) is 1. The van der Waals surface area contributed by atoms with Crippen LogP contribution in [0.15, 0.2) is 47.4 Å². The Morgan fingerprint density at radius 3 is 2.79 bits per heavy atom. The van der Waals surface area contributed by atoms with Gasteiger partial charge >= 0.3 is 0 Å². The summed E-state index contributed by atoms with van der Waals surface area (Å²) in [6.07, 6.45) is 2.45. The van der Waals surface area contributed by atoms with Crippen LogP contribution in [0.4, 0.5) is 0 Å². The SMILES string of the molecule is C[C@@H](NC(=O)Cn1ccccc1=O)c1ccc2c(c1)OCCCO2. The molecule has 0 bridgehead atoms.